The van der Waals surface area contributed by atoms with Gasteiger partial charge in [-0.3, -0.25) is 9.69 Å². The lowest BCUT2D eigenvalue weighted by molar-refractivity contribution is -0.122. The fourth-order valence-electron chi connectivity index (χ4n) is 1.84. The summed E-state index contributed by atoms with van der Waals surface area (Å²) in [6, 6.07) is 8.05. The summed E-state index contributed by atoms with van der Waals surface area (Å²) in [7, 11) is 0. The summed E-state index contributed by atoms with van der Waals surface area (Å²) in [5.74, 6) is 5.89. The molecule has 0 unspecified atom stereocenters. The van der Waals surface area contributed by atoms with E-state index in [2.05, 4.69) is 29.0 Å². The monoisotopic (exact) mass is 273 g/mol. The van der Waals surface area contributed by atoms with Crippen LogP contribution in [0.15, 0.2) is 24.3 Å². The van der Waals surface area contributed by atoms with E-state index in [0.717, 1.165) is 18.7 Å². The molecule has 0 aliphatic rings. The van der Waals surface area contributed by atoms with Crippen molar-refractivity contribution in [2.24, 2.45) is 5.73 Å². The van der Waals surface area contributed by atoms with Crippen molar-refractivity contribution in [2.45, 2.75) is 20.4 Å². The zero-order valence-electron chi connectivity index (χ0n) is 12.3. The van der Waals surface area contributed by atoms with Crippen molar-refractivity contribution >= 4 is 5.91 Å². The molecule has 20 heavy (non-hydrogen) atoms. The van der Waals surface area contributed by atoms with Crippen LogP contribution < -0.4 is 11.1 Å². The molecule has 0 saturated carbocycles. The molecule has 1 rings (SSSR count). The van der Waals surface area contributed by atoms with Gasteiger partial charge in [-0.15, -0.1) is 0 Å². The lowest BCUT2D eigenvalue weighted by atomic mass is 10.1. The number of nitrogens with two attached hydrogens (primary N) is 1. The van der Waals surface area contributed by atoms with Gasteiger partial charge >= 0.3 is 0 Å². The van der Waals surface area contributed by atoms with Gasteiger partial charge in [0.15, 0.2) is 0 Å². The Morgan fingerprint density at radius 2 is 2.00 bits per heavy atom. The van der Waals surface area contributed by atoms with Crippen LogP contribution in [0.3, 0.4) is 0 Å². The fraction of sp³-hybridized carbons (Fsp3) is 0.438. The van der Waals surface area contributed by atoms with E-state index in [-0.39, 0.29) is 5.91 Å². The molecule has 0 bridgehead atoms. The number of hydrogen-bond acceptors (Lipinski definition) is 3. The highest BCUT2D eigenvalue weighted by Gasteiger charge is 2.08. The number of nitrogens with zero attached hydrogens (tertiary/aromatic N) is 1. The molecule has 0 fully saturated rings. The standard InChI is InChI=1S/C16H23N3O/c1-3-18-16(20)13-19(4-2)12-15-9-7-14(8-10-15)6-5-11-17/h7-10H,3-4,11-13,17H2,1-2H3,(H,18,20). The van der Waals surface area contributed by atoms with Crippen molar-refractivity contribution in [2.75, 3.05) is 26.2 Å². The highest BCUT2D eigenvalue weighted by Crippen LogP contribution is 2.07. The molecular formula is C16H23N3O. The number of carbonyl (C=O) groups is 1. The SMILES string of the molecule is CCNC(=O)CN(CC)Cc1ccc(C#CCN)cc1. The van der Waals surface area contributed by atoms with Crippen LogP contribution in [-0.2, 0) is 11.3 Å². The maximum atomic E-state index is 11.6. The molecule has 0 saturated heterocycles. The third-order valence-corrected chi connectivity index (χ3v) is 2.88. The largest absolute Gasteiger partial charge is 0.355 e. The molecule has 1 aromatic rings. The van der Waals surface area contributed by atoms with Crippen molar-refractivity contribution < 1.29 is 4.79 Å². The molecule has 4 nitrogen and oxygen atoms in total. The maximum absolute atomic E-state index is 11.6. The predicted molar refractivity (Wildman–Crippen MR) is 82.0 cm³/mol. The Morgan fingerprint density at radius 3 is 2.55 bits per heavy atom. The second-order valence-corrected chi connectivity index (χ2v) is 4.46. The summed E-state index contributed by atoms with van der Waals surface area (Å²) in [5, 5.41) is 2.82. The molecule has 0 radical (unpaired) electrons. The maximum Gasteiger partial charge on any atom is 0.234 e. The van der Waals surface area contributed by atoms with E-state index in [1.807, 2.05) is 31.2 Å². The van der Waals surface area contributed by atoms with Gasteiger partial charge in [-0.2, -0.15) is 0 Å². The first-order valence-electron chi connectivity index (χ1n) is 6.96. The first-order valence-corrected chi connectivity index (χ1v) is 6.96. The number of hydrogen-bond donors (Lipinski definition) is 2. The molecule has 1 amide bonds. The molecule has 4 heteroatoms. The van der Waals surface area contributed by atoms with Crippen molar-refractivity contribution in [3.05, 3.63) is 35.4 Å². The Morgan fingerprint density at radius 1 is 1.30 bits per heavy atom. The zero-order chi connectivity index (χ0) is 14.8. The number of nitrogens with one attached hydrogen (secondary N) is 1. The molecule has 0 heterocycles. The van der Waals surface area contributed by atoms with Crippen LogP contribution in [0.4, 0.5) is 0 Å². The predicted octanol–water partition coefficient (Wildman–Crippen LogP) is 0.955. The number of likely N-dealkylation sites (N-methyl/N-ethyl adjacent to an activating group) is 2. The van der Waals surface area contributed by atoms with Gasteiger partial charge in [0.25, 0.3) is 0 Å². The quantitative estimate of drug-likeness (QED) is 0.759. The molecule has 108 valence electrons. The Labute approximate surface area is 121 Å². The van der Waals surface area contributed by atoms with E-state index in [9.17, 15) is 4.79 Å². The molecule has 0 aliphatic carbocycles. The second-order valence-electron chi connectivity index (χ2n) is 4.46. The van der Waals surface area contributed by atoms with Gasteiger partial charge in [-0.25, -0.2) is 0 Å². The Balaban J connectivity index is 2.59. The highest BCUT2D eigenvalue weighted by molar-refractivity contribution is 5.77. The summed E-state index contributed by atoms with van der Waals surface area (Å²) >= 11 is 0. The topological polar surface area (TPSA) is 58.4 Å². The van der Waals surface area contributed by atoms with Gasteiger partial charge in [-0.1, -0.05) is 30.9 Å². The van der Waals surface area contributed by atoms with Crippen molar-refractivity contribution in [1.29, 1.82) is 0 Å². The van der Waals surface area contributed by atoms with Crippen molar-refractivity contribution in [1.82, 2.24) is 10.2 Å². The van der Waals surface area contributed by atoms with E-state index in [4.69, 9.17) is 5.73 Å². The lowest BCUT2D eigenvalue weighted by Crippen LogP contribution is -2.36. The van der Waals surface area contributed by atoms with Crippen molar-refractivity contribution in [3.8, 4) is 11.8 Å². The second kappa shape index (κ2) is 9.13. The van der Waals surface area contributed by atoms with E-state index < -0.39 is 0 Å². The number of rotatable bonds is 6. The molecular weight excluding hydrogens is 250 g/mol. The third-order valence-electron chi connectivity index (χ3n) is 2.88. The average molecular weight is 273 g/mol. The van der Waals surface area contributed by atoms with Gasteiger partial charge in [0.1, 0.15) is 0 Å². The summed E-state index contributed by atoms with van der Waals surface area (Å²) < 4.78 is 0. The van der Waals surface area contributed by atoms with Crippen LogP contribution >= 0.6 is 0 Å². The Bertz CT molecular complexity index is 471. The van der Waals surface area contributed by atoms with Crippen molar-refractivity contribution in [3.63, 3.8) is 0 Å². The smallest absolute Gasteiger partial charge is 0.234 e. The van der Waals surface area contributed by atoms with E-state index >= 15 is 0 Å². The lowest BCUT2D eigenvalue weighted by Gasteiger charge is -2.19. The normalized spacial score (nSPS) is 10.0. The van der Waals surface area contributed by atoms with E-state index in [1.54, 1.807) is 0 Å². The van der Waals surface area contributed by atoms with Gasteiger partial charge in [0.2, 0.25) is 5.91 Å². The number of benzene rings is 1. The summed E-state index contributed by atoms with van der Waals surface area (Å²) in [5.41, 5.74) is 7.48. The number of carbonyl (C=O) groups excluding carboxylic acids is 1. The Kier molecular flexibility index (Phi) is 7.41. The molecule has 1 aromatic carbocycles. The molecule has 3 N–H and O–H groups in total. The minimum absolute atomic E-state index is 0.0692. The summed E-state index contributed by atoms with van der Waals surface area (Å²) in [6.45, 7) is 7.06. The minimum Gasteiger partial charge on any atom is -0.355 e. The van der Waals surface area contributed by atoms with Crippen LogP contribution in [0.1, 0.15) is 25.0 Å². The molecule has 0 spiro atoms. The first-order chi connectivity index (χ1) is 9.69. The van der Waals surface area contributed by atoms with Gasteiger partial charge in [0, 0.05) is 18.7 Å². The molecule has 0 aliphatic heterocycles. The fourth-order valence-corrected chi connectivity index (χ4v) is 1.84. The van der Waals surface area contributed by atoms with Gasteiger partial charge in [-0.05, 0) is 31.2 Å². The molecule has 0 atom stereocenters. The summed E-state index contributed by atoms with van der Waals surface area (Å²) in [4.78, 5) is 13.7. The van der Waals surface area contributed by atoms with Crippen LogP contribution in [0, 0.1) is 11.8 Å². The van der Waals surface area contributed by atoms with Crippen LogP contribution in [-0.4, -0.2) is 37.0 Å². The van der Waals surface area contributed by atoms with Gasteiger partial charge < -0.3 is 11.1 Å². The van der Waals surface area contributed by atoms with E-state index in [1.165, 1.54) is 5.56 Å². The summed E-state index contributed by atoms with van der Waals surface area (Å²) in [6.07, 6.45) is 0. The average Bonchev–Trinajstić information content (AvgIpc) is 2.46. The van der Waals surface area contributed by atoms with Crippen LogP contribution in [0.5, 0.6) is 0 Å². The van der Waals surface area contributed by atoms with Crippen LogP contribution in [0.2, 0.25) is 0 Å². The minimum atomic E-state index is 0.0692. The van der Waals surface area contributed by atoms with Gasteiger partial charge in [0.05, 0.1) is 13.1 Å². The number of amides is 1. The first kappa shape index (κ1) is 16.2. The highest BCUT2D eigenvalue weighted by atomic mass is 16.2. The van der Waals surface area contributed by atoms with E-state index in [0.29, 0.717) is 19.6 Å². The van der Waals surface area contributed by atoms with Crippen LogP contribution in [0.25, 0.3) is 0 Å². The third kappa shape index (κ3) is 5.87. The Hall–Kier alpha value is -1.83. The zero-order valence-corrected chi connectivity index (χ0v) is 12.3. The molecule has 0 aromatic heterocycles.